The number of aromatic nitrogens is 1. The van der Waals surface area contributed by atoms with Crippen LogP contribution >= 0.6 is 0 Å². The van der Waals surface area contributed by atoms with Gasteiger partial charge in [0.2, 0.25) is 5.82 Å². The van der Waals surface area contributed by atoms with Gasteiger partial charge in [-0.2, -0.15) is 17.6 Å². The summed E-state index contributed by atoms with van der Waals surface area (Å²) in [5, 5.41) is 11.9. The number of nitrogens with zero attached hydrogens (tertiary/aromatic N) is 1. The van der Waals surface area contributed by atoms with Crippen LogP contribution in [-0.2, 0) is 19.4 Å². The molecule has 1 amide bonds. The Hall–Kier alpha value is -2.84. The number of hydrogen-bond donors (Lipinski definition) is 2. The SMILES string of the molecule is C[C@H]1[C@@H](c2ccc(F)c(F)c2O[C@H]2C[C@@H](O)C2)[C@H](C(=O)Nc2cncc(S(C)(=O)=O)c2)O[C@@]1(C)C(F)(F)F. The molecule has 208 valence electrons. The summed E-state index contributed by atoms with van der Waals surface area (Å²) in [5.41, 5.74) is -3.20. The van der Waals surface area contributed by atoms with Crippen molar-refractivity contribution in [1.82, 2.24) is 4.98 Å². The Morgan fingerprint density at radius 3 is 2.47 bits per heavy atom. The summed E-state index contributed by atoms with van der Waals surface area (Å²) in [5.74, 6) is -7.43. The van der Waals surface area contributed by atoms with Crippen LogP contribution < -0.4 is 10.1 Å². The minimum absolute atomic E-state index is 0.111. The van der Waals surface area contributed by atoms with E-state index < -0.39 is 75.1 Å². The standard InChI is InChI=1S/C24H25F5N2O6S/c1-11-18(16-4-5-17(25)19(26)20(16)36-14-7-13(32)8-14)21(37-23(11,2)24(27,28)29)22(33)31-12-6-15(10-30-9-12)38(3,34)35/h4-6,9-11,13-14,18,21,32H,7-8H2,1-3H3,(H,31,33)/t11-,13-,14+,18-,21+,23+/m0/s1. The zero-order valence-electron chi connectivity index (χ0n) is 20.4. The lowest BCUT2D eigenvalue weighted by molar-refractivity contribution is -0.272. The molecular weight excluding hydrogens is 539 g/mol. The molecule has 1 saturated carbocycles. The number of pyridine rings is 1. The van der Waals surface area contributed by atoms with E-state index in [4.69, 9.17) is 9.47 Å². The molecule has 2 fully saturated rings. The number of aliphatic hydroxyl groups is 1. The van der Waals surface area contributed by atoms with Crippen LogP contribution in [0.4, 0.5) is 27.6 Å². The Bertz CT molecular complexity index is 1350. The summed E-state index contributed by atoms with van der Waals surface area (Å²) < 4.78 is 106. The fourth-order valence-electron chi connectivity index (χ4n) is 4.66. The zero-order valence-corrected chi connectivity index (χ0v) is 21.2. The molecule has 14 heteroatoms. The number of aliphatic hydroxyl groups excluding tert-OH is 1. The van der Waals surface area contributed by atoms with Crippen molar-refractivity contribution in [2.24, 2.45) is 5.92 Å². The molecule has 0 bridgehead atoms. The van der Waals surface area contributed by atoms with Crippen LogP contribution in [0.15, 0.2) is 35.5 Å². The third-order valence-corrected chi connectivity index (χ3v) is 8.21. The quantitative estimate of drug-likeness (QED) is 0.514. The van der Waals surface area contributed by atoms with Gasteiger partial charge in [0.1, 0.15) is 12.2 Å². The molecule has 2 aromatic rings. The highest BCUT2D eigenvalue weighted by Gasteiger charge is 2.66. The molecule has 4 rings (SSSR count). The predicted molar refractivity (Wildman–Crippen MR) is 123 cm³/mol. The number of halogens is 5. The van der Waals surface area contributed by atoms with Gasteiger partial charge < -0.3 is 19.9 Å². The van der Waals surface area contributed by atoms with Gasteiger partial charge in [-0.1, -0.05) is 13.0 Å². The highest BCUT2D eigenvalue weighted by molar-refractivity contribution is 7.90. The fourth-order valence-corrected chi connectivity index (χ4v) is 5.25. The number of hydrogen-bond acceptors (Lipinski definition) is 7. The topological polar surface area (TPSA) is 115 Å². The molecule has 8 nitrogen and oxygen atoms in total. The molecule has 2 N–H and O–H groups in total. The molecule has 1 aromatic heterocycles. The van der Waals surface area contributed by atoms with Crippen LogP contribution in [0, 0.1) is 17.6 Å². The molecule has 38 heavy (non-hydrogen) atoms. The van der Waals surface area contributed by atoms with Crippen molar-refractivity contribution in [3.63, 3.8) is 0 Å². The number of carbonyl (C=O) groups is 1. The van der Waals surface area contributed by atoms with Gasteiger partial charge >= 0.3 is 6.18 Å². The first-order valence-electron chi connectivity index (χ1n) is 11.6. The maximum atomic E-state index is 14.9. The fraction of sp³-hybridized carbons (Fsp3) is 0.500. The normalized spacial score (nSPS) is 29.6. The third-order valence-electron chi connectivity index (χ3n) is 7.13. The van der Waals surface area contributed by atoms with Gasteiger partial charge in [0.05, 0.1) is 22.9 Å². The molecule has 0 spiro atoms. The Labute approximate surface area is 215 Å². The van der Waals surface area contributed by atoms with E-state index in [0.29, 0.717) is 0 Å². The van der Waals surface area contributed by atoms with Gasteiger partial charge in [0.25, 0.3) is 5.91 Å². The lowest BCUT2D eigenvalue weighted by Gasteiger charge is -2.34. The summed E-state index contributed by atoms with van der Waals surface area (Å²) in [4.78, 5) is 16.8. The van der Waals surface area contributed by atoms with E-state index in [1.165, 1.54) is 6.92 Å². The number of anilines is 1. The third kappa shape index (κ3) is 5.08. The zero-order chi connectivity index (χ0) is 28.2. The Morgan fingerprint density at radius 1 is 1.24 bits per heavy atom. The van der Waals surface area contributed by atoms with Crippen LogP contribution in [0.5, 0.6) is 5.75 Å². The molecule has 2 heterocycles. The monoisotopic (exact) mass is 564 g/mol. The number of nitrogens with one attached hydrogen (secondary N) is 1. The summed E-state index contributed by atoms with van der Waals surface area (Å²) in [6, 6.07) is 2.84. The molecule has 1 aliphatic carbocycles. The van der Waals surface area contributed by atoms with E-state index in [-0.39, 0.29) is 29.0 Å². The lowest BCUT2D eigenvalue weighted by Crippen LogP contribution is -2.47. The van der Waals surface area contributed by atoms with Crippen LogP contribution in [0.2, 0.25) is 0 Å². The highest BCUT2D eigenvalue weighted by atomic mass is 32.2. The van der Waals surface area contributed by atoms with Gasteiger partial charge in [-0.3, -0.25) is 9.78 Å². The summed E-state index contributed by atoms with van der Waals surface area (Å²) >= 11 is 0. The van der Waals surface area contributed by atoms with Gasteiger partial charge in [0.15, 0.2) is 27.0 Å². The Balaban J connectivity index is 1.76. The molecule has 1 aromatic carbocycles. The molecular formula is C24H25F5N2O6S. The second kappa shape index (κ2) is 9.72. The van der Waals surface area contributed by atoms with Crippen molar-refractivity contribution in [3.05, 3.63) is 47.8 Å². The van der Waals surface area contributed by atoms with Crippen molar-refractivity contribution < 1.29 is 49.7 Å². The first kappa shape index (κ1) is 28.2. The first-order valence-corrected chi connectivity index (χ1v) is 13.4. The van der Waals surface area contributed by atoms with Crippen LogP contribution in [0.25, 0.3) is 0 Å². The van der Waals surface area contributed by atoms with Crippen molar-refractivity contribution in [2.45, 2.75) is 67.6 Å². The number of sulfone groups is 1. The van der Waals surface area contributed by atoms with E-state index in [2.05, 4.69) is 10.3 Å². The van der Waals surface area contributed by atoms with Crippen molar-refractivity contribution in [1.29, 1.82) is 0 Å². The minimum atomic E-state index is -4.95. The van der Waals surface area contributed by atoms with E-state index in [1.54, 1.807) is 0 Å². The smallest absolute Gasteiger partial charge is 0.417 e. The van der Waals surface area contributed by atoms with Crippen LogP contribution in [0.1, 0.15) is 38.2 Å². The number of ether oxygens (including phenoxy) is 2. The van der Waals surface area contributed by atoms with Crippen molar-refractivity contribution >= 4 is 21.4 Å². The first-order chi connectivity index (χ1) is 17.5. The molecule has 0 radical (unpaired) electrons. The van der Waals surface area contributed by atoms with Crippen molar-refractivity contribution in [2.75, 3.05) is 11.6 Å². The van der Waals surface area contributed by atoms with Gasteiger partial charge in [0, 0.05) is 42.7 Å². The lowest BCUT2D eigenvalue weighted by atomic mass is 9.76. The average Bonchev–Trinajstić information content (AvgIpc) is 3.07. The van der Waals surface area contributed by atoms with Gasteiger partial charge in [-0.25, -0.2) is 12.8 Å². The Morgan fingerprint density at radius 2 is 1.89 bits per heavy atom. The summed E-state index contributed by atoms with van der Waals surface area (Å²) in [6.45, 7) is 1.93. The maximum Gasteiger partial charge on any atom is 0.417 e. The van der Waals surface area contributed by atoms with Crippen molar-refractivity contribution in [3.8, 4) is 5.75 Å². The molecule has 2 aliphatic rings. The molecule has 1 saturated heterocycles. The van der Waals surface area contributed by atoms with E-state index in [0.717, 1.165) is 43.8 Å². The molecule has 1 aliphatic heterocycles. The van der Waals surface area contributed by atoms with Crippen LogP contribution in [0.3, 0.4) is 0 Å². The number of benzene rings is 1. The average molecular weight is 565 g/mol. The number of carbonyl (C=O) groups excluding carboxylic acids is 1. The maximum absolute atomic E-state index is 14.9. The minimum Gasteiger partial charge on any atom is -0.487 e. The van der Waals surface area contributed by atoms with Crippen LogP contribution in [-0.4, -0.2) is 60.8 Å². The second-order valence-electron chi connectivity index (χ2n) is 9.77. The molecule has 0 unspecified atom stereocenters. The summed E-state index contributed by atoms with van der Waals surface area (Å²) in [7, 11) is -3.71. The Kier molecular flexibility index (Phi) is 7.21. The van der Waals surface area contributed by atoms with E-state index in [9.17, 15) is 40.3 Å². The predicted octanol–water partition coefficient (Wildman–Crippen LogP) is 3.74. The molecule has 4 atom stereocenters. The number of amides is 1. The number of alkyl halides is 3. The van der Waals surface area contributed by atoms with Gasteiger partial charge in [-0.15, -0.1) is 0 Å². The van der Waals surface area contributed by atoms with E-state index >= 15 is 0 Å². The number of rotatable bonds is 6. The second-order valence-corrected chi connectivity index (χ2v) is 11.8. The largest absolute Gasteiger partial charge is 0.487 e. The summed E-state index contributed by atoms with van der Waals surface area (Å²) in [6.07, 6.45) is -4.97. The highest BCUT2D eigenvalue weighted by Crippen LogP contribution is 2.55. The van der Waals surface area contributed by atoms with E-state index in [1.807, 2.05) is 0 Å². The van der Waals surface area contributed by atoms with Gasteiger partial charge in [-0.05, 0) is 19.1 Å².